The number of H-pyrrole nitrogens is 1. The van der Waals surface area contributed by atoms with Crippen LogP contribution < -0.4 is 0 Å². The molecular formula is C17H24BrN3O2. The summed E-state index contributed by atoms with van der Waals surface area (Å²) in [4.78, 5) is 21.5. The summed E-state index contributed by atoms with van der Waals surface area (Å²) < 4.78 is 6.37. The minimum atomic E-state index is -0.451. The molecule has 0 bridgehead atoms. The number of carbonyl (C=O) groups is 1. The molecule has 1 amide bonds. The first-order chi connectivity index (χ1) is 10.8. The number of hydrogen-bond donors (Lipinski definition) is 1. The van der Waals surface area contributed by atoms with Gasteiger partial charge in [0, 0.05) is 17.6 Å². The van der Waals surface area contributed by atoms with Gasteiger partial charge in [0.15, 0.2) is 0 Å². The molecule has 1 N–H and O–H groups in total. The largest absolute Gasteiger partial charge is 0.444 e. The molecule has 2 aromatic rings. The van der Waals surface area contributed by atoms with E-state index in [-0.39, 0.29) is 12.0 Å². The highest BCUT2D eigenvalue weighted by Crippen LogP contribution is 2.28. The van der Waals surface area contributed by atoms with Crippen molar-refractivity contribution < 1.29 is 9.53 Å². The fourth-order valence-electron chi connectivity index (χ4n) is 2.32. The molecule has 0 radical (unpaired) electrons. The van der Waals surface area contributed by atoms with Crippen LogP contribution in [0.4, 0.5) is 4.79 Å². The van der Waals surface area contributed by atoms with Gasteiger partial charge in [-0.3, -0.25) is 0 Å². The van der Waals surface area contributed by atoms with Gasteiger partial charge in [0.1, 0.15) is 11.4 Å². The van der Waals surface area contributed by atoms with E-state index in [9.17, 15) is 4.79 Å². The highest BCUT2D eigenvalue weighted by Gasteiger charge is 2.36. The molecule has 5 nitrogen and oxygen atoms in total. The van der Waals surface area contributed by atoms with Gasteiger partial charge in [-0.2, -0.15) is 0 Å². The molecule has 0 atom stereocenters. The van der Waals surface area contributed by atoms with Crippen LogP contribution in [0, 0.1) is 0 Å². The van der Waals surface area contributed by atoms with E-state index >= 15 is 0 Å². The van der Waals surface area contributed by atoms with Crippen LogP contribution in [0.2, 0.25) is 0 Å². The maximum atomic E-state index is 11.9. The Morgan fingerprint density at radius 3 is 2.61 bits per heavy atom. The molecule has 1 aliphatic rings. The molecule has 6 heteroatoms. The Bertz CT molecular complexity index is 685. The van der Waals surface area contributed by atoms with Crippen LogP contribution in [0.1, 0.15) is 46.4 Å². The minimum absolute atomic E-state index is 0.252. The number of nitrogens with one attached hydrogen (secondary N) is 1. The monoisotopic (exact) mass is 381 g/mol. The maximum Gasteiger partial charge on any atom is 0.410 e. The minimum Gasteiger partial charge on any atom is -0.444 e. The van der Waals surface area contributed by atoms with Gasteiger partial charge in [0.2, 0.25) is 0 Å². The Balaban J connectivity index is 0.000000924. The molecule has 0 aliphatic carbocycles. The van der Waals surface area contributed by atoms with Crippen LogP contribution >= 0.6 is 15.9 Å². The van der Waals surface area contributed by atoms with Crippen molar-refractivity contribution in [2.75, 3.05) is 13.1 Å². The average Bonchev–Trinajstić information content (AvgIpc) is 2.79. The number of benzene rings is 1. The number of aromatic amines is 1. The highest BCUT2D eigenvalue weighted by atomic mass is 79.9. The number of halogens is 1. The predicted octanol–water partition coefficient (Wildman–Crippen LogP) is 4.69. The topological polar surface area (TPSA) is 58.2 Å². The van der Waals surface area contributed by atoms with E-state index in [1.54, 1.807) is 4.90 Å². The summed E-state index contributed by atoms with van der Waals surface area (Å²) in [5.41, 5.74) is 1.51. The van der Waals surface area contributed by atoms with Crippen LogP contribution in [0.5, 0.6) is 0 Å². The zero-order valence-electron chi connectivity index (χ0n) is 14.3. The van der Waals surface area contributed by atoms with Crippen LogP contribution in [-0.4, -0.2) is 39.7 Å². The fourth-order valence-corrected chi connectivity index (χ4v) is 2.68. The quantitative estimate of drug-likeness (QED) is 0.779. The second-order valence-electron chi connectivity index (χ2n) is 6.37. The van der Waals surface area contributed by atoms with Gasteiger partial charge < -0.3 is 14.6 Å². The van der Waals surface area contributed by atoms with Crippen molar-refractivity contribution in [3.05, 3.63) is 28.5 Å². The number of imidazole rings is 1. The number of amides is 1. The van der Waals surface area contributed by atoms with E-state index in [0.29, 0.717) is 13.1 Å². The first-order valence-electron chi connectivity index (χ1n) is 7.95. The van der Waals surface area contributed by atoms with Crippen molar-refractivity contribution in [1.29, 1.82) is 0 Å². The summed E-state index contributed by atoms with van der Waals surface area (Å²) in [6.45, 7) is 10.9. The molecule has 3 rings (SSSR count). The number of ether oxygens (including phenoxy) is 1. The summed E-state index contributed by atoms with van der Waals surface area (Å²) in [5.74, 6) is 1.19. The Kier molecular flexibility index (Phi) is 5.34. The van der Waals surface area contributed by atoms with Crippen LogP contribution in [0.25, 0.3) is 11.0 Å². The number of aromatic nitrogens is 2. The molecule has 1 saturated heterocycles. The lowest BCUT2D eigenvalue weighted by Gasteiger charge is -2.38. The molecule has 23 heavy (non-hydrogen) atoms. The Labute approximate surface area is 145 Å². The zero-order valence-corrected chi connectivity index (χ0v) is 15.9. The molecular weight excluding hydrogens is 358 g/mol. The third kappa shape index (κ3) is 4.25. The molecule has 2 heterocycles. The standard InChI is InChI=1S/C15H18BrN3O2.C2H6/c1-15(2,3)21-14(20)19-7-9(8-19)13-17-11-5-4-10(16)6-12(11)18-13;1-2/h4-6,9H,7-8H2,1-3H3,(H,17,18);1-2H3. The van der Waals surface area contributed by atoms with Gasteiger partial charge in [0.25, 0.3) is 0 Å². The molecule has 1 aromatic heterocycles. The second-order valence-corrected chi connectivity index (χ2v) is 7.28. The summed E-state index contributed by atoms with van der Waals surface area (Å²) in [6, 6.07) is 5.96. The molecule has 126 valence electrons. The van der Waals surface area contributed by atoms with E-state index in [1.165, 1.54) is 0 Å². The summed E-state index contributed by atoms with van der Waals surface area (Å²) in [5, 5.41) is 0. The lowest BCUT2D eigenvalue weighted by molar-refractivity contribution is 0.00761. The summed E-state index contributed by atoms with van der Waals surface area (Å²) in [6.07, 6.45) is -0.252. The lowest BCUT2D eigenvalue weighted by Crippen LogP contribution is -2.50. The van der Waals surface area contributed by atoms with Crippen molar-refractivity contribution in [2.24, 2.45) is 0 Å². The number of likely N-dealkylation sites (tertiary alicyclic amines) is 1. The van der Waals surface area contributed by atoms with Gasteiger partial charge in [-0.1, -0.05) is 29.8 Å². The molecule has 1 aliphatic heterocycles. The third-order valence-electron chi connectivity index (χ3n) is 3.38. The first kappa shape index (κ1) is 17.8. The smallest absolute Gasteiger partial charge is 0.410 e. The third-order valence-corrected chi connectivity index (χ3v) is 3.88. The molecule has 0 unspecified atom stereocenters. The number of carbonyl (C=O) groups excluding carboxylic acids is 1. The highest BCUT2D eigenvalue weighted by molar-refractivity contribution is 9.10. The molecule has 0 saturated carbocycles. The van der Waals surface area contributed by atoms with Crippen LogP contribution in [0.15, 0.2) is 22.7 Å². The van der Waals surface area contributed by atoms with Crippen molar-refractivity contribution in [2.45, 2.75) is 46.1 Å². The van der Waals surface area contributed by atoms with Gasteiger partial charge in [0.05, 0.1) is 17.0 Å². The van der Waals surface area contributed by atoms with Crippen molar-refractivity contribution in [3.63, 3.8) is 0 Å². The van der Waals surface area contributed by atoms with Gasteiger partial charge >= 0.3 is 6.09 Å². The number of hydrogen-bond acceptors (Lipinski definition) is 3. The van der Waals surface area contributed by atoms with Crippen molar-refractivity contribution in [1.82, 2.24) is 14.9 Å². The normalized spacial score (nSPS) is 15.0. The average molecular weight is 382 g/mol. The van der Waals surface area contributed by atoms with Gasteiger partial charge in [-0.25, -0.2) is 9.78 Å². The Morgan fingerprint density at radius 2 is 2.00 bits per heavy atom. The number of nitrogens with zero attached hydrogens (tertiary/aromatic N) is 2. The summed E-state index contributed by atoms with van der Waals surface area (Å²) in [7, 11) is 0. The Morgan fingerprint density at radius 1 is 1.35 bits per heavy atom. The van der Waals surface area contributed by atoms with Crippen LogP contribution in [0.3, 0.4) is 0 Å². The lowest BCUT2D eigenvalue weighted by atomic mass is 10.0. The maximum absolute atomic E-state index is 11.9. The molecule has 1 aromatic carbocycles. The van der Waals surface area contributed by atoms with E-state index in [1.807, 2.05) is 52.8 Å². The zero-order chi connectivity index (χ0) is 17.2. The van der Waals surface area contributed by atoms with Gasteiger partial charge in [-0.05, 0) is 39.0 Å². The SMILES string of the molecule is CC.CC(C)(C)OC(=O)N1CC(c2nc3ccc(Br)cc3[nH]2)C1. The van der Waals surface area contributed by atoms with Crippen molar-refractivity contribution in [3.8, 4) is 0 Å². The Hall–Kier alpha value is -1.56. The molecule has 0 spiro atoms. The van der Waals surface area contributed by atoms with Crippen molar-refractivity contribution >= 4 is 33.1 Å². The van der Waals surface area contributed by atoms with E-state index < -0.39 is 5.60 Å². The van der Waals surface area contributed by atoms with E-state index in [2.05, 4.69) is 25.9 Å². The van der Waals surface area contributed by atoms with Crippen LogP contribution in [-0.2, 0) is 4.74 Å². The molecule has 1 fully saturated rings. The number of fused-ring (bicyclic) bond motifs is 1. The van der Waals surface area contributed by atoms with E-state index in [0.717, 1.165) is 21.3 Å². The summed E-state index contributed by atoms with van der Waals surface area (Å²) >= 11 is 3.45. The predicted molar refractivity (Wildman–Crippen MR) is 95.7 cm³/mol. The van der Waals surface area contributed by atoms with Gasteiger partial charge in [-0.15, -0.1) is 0 Å². The van der Waals surface area contributed by atoms with E-state index in [4.69, 9.17) is 4.74 Å². The second kappa shape index (κ2) is 6.91. The fraction of sp³-hybridized carbons (Fsp3) is 0.529. The number of rotatable bonds is 1. The first-order valence-corrected chi connectivity index (χ1v) is 8.74.